The number of amides is 1. The largest absolute Gasteiger partial charge is 0.497 e. The maximum absolute atomic E-state index is 13.5. The molecular formula is C16H14F3NO2S. The molecule has 0 saturated carbocycles. The predicted molar refractivity (Wildman–Crippen MR) is 83.3 cm³/mol. The number of hydrogen-bond donors (Lipinski definition) is 1. The van der Waals surface area contributed by atoms with E-state index in [1.807, 2.05) is 0 Å². The number of halogens is 3. The molecule has 1 atom stereocenters. The Balaban J connectivity index is 2.03. The maximum Gasteiger partial charge on any atom is 0.237 e. The standard InChI is InChI=1S/C16H14F3NO2S/c1-9(23-11-5-3-10(22-2)4-6-11)16(21)20-13-8-7-12(17)14(18)15(13)19/h3-9H,1-2H3,(H,20,21). The number of nitrogens with one attached hydrogen (secondary N) is 1. The van der Waals surface area contributed by atoms with Gasteiger partial charge in [0.25, 0.3) is 0 Å². The van der Waals surface area contributed by atoms with Crippen LogP contribution < -0.4 is 10.1 Å². The molecule has 0 fully saturated rings. The van der Waals surface area contributed by atoms with Gasteiger partial charge in [-0.15, -0.1) is 11.8 Å². The molecule has 0 aliphatic rings. The Labute approximate surface area is 135 Å². The minimum Gasteiger partial charge on any atom is -0.497 e. The van der Waals surface area contributed by atoms with E-state index in [4.69, 9.17) is 4.74 Å². The summed E-state index contributed by atoms with van der Waals surface area (Å²) in [6, 6.07) is 8.81. The Bertz CT molecular complexity index is 707. The normalized spacial score (nSPS) is 11.9. The van der Waals surface area contributed by atoms with Gasteiger partial charge in [-0.2, -0.15) is 0 Å². The molecule has 0 radical (unpaired) electrons. The van der Waals surface area contributed by atoms with Gasteiger partial charge in [0.1, 0.15) is 5.75 Å². The van der Waals surface area contributed by atoms with E-state index in [1.54, 1.807) is 38.3 Å². The quantitative estimate of drug-likeness (QED) is 0.653. The monoisotopic (exact) mass is 341 g/mol. The van der Waals surface area contributed by atoms with E-state index in [0.717, 1.165) is 17.0 Å². The number of carbonyl (C=O) groups excluding carboxylic acids is 1. The molecule has 2 aromatic carbocycles. The summed E-state index contributed by atoms with van der Waals surface area (Å²) in [7, 11) is 1.55. The van der Waals surface area contributed by atoms with Crippen molar-refractivity contribution in [3.05, 3.63) is 53.8 Å². The predicted octanol–water partition coefficient (Wildman–Crippen LogP) is 4.23. The summed E-state index contributed by atoms with van der Waals surface area (Å²) < 4.78 is 44.6. The third kappa shape index (κ3) is 4.19. The lowest BCUT2D eigenvalue weighted by molar-refractivity contribution is -0.115. The molecule has 3 nitrogen and oxygen atoms in total. The fraction of sp³-hybridized carbons (Fsp3) is 0.188. The Morgan fingerprint density at radius 3 is 2.35 bits per heavy atom. The Hall–Kier alpha value is -2.15. The van der Waals surface area contributed by atoms with Gasteiger partial charge in [0.15, 0.2) is 17.5 Å². The smallest absolute Gasteiger partial charge is 0.237 e. The summed E-state index contributed by atoms with van der Waals surface area (Å²) in [6.07, 6.45) is 0. The fourth-order valence-corrected chi connectivity index (χ4v) is 2.64. The first-order chi connectivity index (χ1) is 10.9. The summed E-state index contributed by atoms with van der Waals surface area (Å²) in [5.41, 5.74) is -0.393. The molecule has 0 aliphatic heterocycles. The first-order valence-corrected chi connectivity index (χ1v) is 7.55. The summed E-state index contributed by atoms with van der Waals surface area (Å²) in [5, 5.41) is 1.70. The van der Waals surface area contributed by atoms with Crippen LogP contribution in [0.5, 0.6) is 5.75 Å². The SMILES string of the molecule is COc1ccc(SC(C)C(=O)Nc2ccc(F)c(F)c2F)cc1. The van der Waals surface area contributed by atoms with Crippen LogP contribution in [0.1, 0.15) is 6.92 Å². The van der Waals surface area contributed by atoms with Gasteiger partial charge in [0, 0.05) is 4.90 Å². The first-order valence-electron chi connectivity index (χ1n) is 6.67. The summed E-state index contributed by atoms with van der Waals surface area (Å²) >= 11 is 1.25. The number of thioether (sulfide) groups is 1. The average molecular weight is 341 g/mol. The van der Waals surface area contributed by atoms with Crippen LogP contribution in [0.2, 0.25) is 0 Å². The molecule has 23 heavy (non-hydrogen) atoms. The highest BCUT2D eigenvalue weighted by atomic mass is 32.2. The molecule has 1 amide bonds. The summed E-state index contributed by atoms with van der Waals surface area (Å²) in [4.78, 5) is 12.9. The molecule has 122 valence electrons. The van der Waals surface area contributed by atoms with Crippen molar-refractivity contribution in [1.29, 1.82) is 0 Å². The van der Waals surface area contributed by atoms with Gasteiger partial charge in [0.2, 0.25) is 5.91 Å². The van der Waals surface area contributed by atoms with Crippen LogP contribution in [0.3, 0.4) is 0 Å². The van der Waals surface area contributed by atoms with Gasteiger partial charge in [-0.05, 0) is 43.3 Å². The minimum absolute atomic E-state index is 0.393. The lowest BCUT2D eigenvalue weighted by Gasteiger charge is -2.13. The first kappa shape index (κ1) is 17.2. The lowest BCUT2D eigenvalue weighted by atomic mass is 10.2. The zero-order valence-electron chi connectivity index (χ0n) is 12.4. The number of anilines is 1. The van der Waals surface area contributed by atoms with Crippen LogP contribution in [0.25, 0.3) is 0 Å². The Kier molecular flexibility index (Phi) is 5.54. The molecule has 0 saturated heterocycles. The van der Waals surface area contributed by atoms with E-state index >= 15 is 0 Å². The number of benzene rings is 2. The van der Waals surface area contributed by atoms with Crippen molar-refractivity contribution in [2.24, 2.45) is 0 Å². The summed E-state index contributed by atoms with van der Waals surface area (Å²) in [5.74, 6) is -4.16. The Morgan fingerprint density at radius 1 is 1.09 bits per heavy atom. The number of ether oxygens (including phenoxy) is 1. The zero-order chi connectivity index (χ0) is 17.0. The zero-order valence-corrected chi connectivity index (χ0v) is 13.2. The third-order valence-electron chi connectivity index (χ3n) is 3.03. The molecule has 0 bridgehead atoms. The topological polar surface area (TPSA) is 38.3 Å². The maximum atomic E-state index is 13.5. The van der Waals surface area contributed by atoms with Crippen LogP contribution in [0, 0.1) is 17.5 Å². The van der Waals surface area contributed by atoms with Crippen molar-refractivity contribution in [3.63, 3.8) is 0 Å². The summed E-state index contributed by atoms with van der Waals surface area (Å²) in [6.45, 7) is 1.63. The van der Waals surface area contributed by atoms with Crippen molar-refractivity contribution in [2.45, 2.75) is 17.1 Å². The minimum atomic E-state index is -1.61. The van der Waals surface area contributed by atoms with Crippen LogP contribution in [-0.4, -0.2) is 18.3 Å². The number of methoxy groups -OCH3 is 1. The highest BCUT2D eigenvalue weighted by Crippen LogP contribution is 2.27. The third-order valence-corrected chi connectivity index (χ3v) is 4.15. The number of hydrogen-bond acceptors (Lipinski definition) is 3. The van der Waals surface area contributed by atoms with Gasteiger partial charge < -0.3 is 10.1 Å². The van der Waals surface area contributed by atoms with Crippen molar-refractivity contribution in [1.82, 2.24) is 0 Å². The fourth-order valence-electron chi connectivity index (χ4n) is 1.77. The molecular weight excluding hydrogens is 327 g/mol. The van der Waals surface area contributed by atoms with Crippen molar-refractivity contribution in [3.8, 4) is 5.75 Å². The van der Waals surface area contributed by atoms with Crippen molar-refractivity contribution >= 4 is 23.4 Å². The molecule has 2 rings (SSSR count). The van der Waals surface area contributed by atoms with Crippen LogP contribution in [-0.2, 0) is 4.79 Å². The second kappa shape index (κ2) is 7.41. The van der Waals surface area contributed by atoms with Gasteiger partial charge in [0.05, 0.1) is 18.0 Å². The van der Waals surface area contributed by atoms with Crippen molar-refractivity contribution in [2.75, 3.05) is 12.4 Å². The highest BCUT2D eigenvalue weighted by Gasteiger charge is 2.19. The molecule has 1 N–H and O–H groups in total. The second-order valence-corrected chi connectivity index (χ2v) is 6.06. The lowest BCUT2D eigenvalue weighted by Crippen LogP contribution is -2.23. The van der Waals surface area contributed by atoms with E-state index in [0.29, 0.717) is 5.75 Å². The highest BCUT2D eigenvalue weighted by molar-refractivity contribution is 8.00. The van der Waals surface area contributed by atoms with E-state index in [1.165, 1.54) is 11.8 Å². The molecule has 1 unspecified atom stereocenters. The van der Waals surface area contributed by atoms with Gasteiger partial charge in [-0.1, -0.05) is 0 Å². The molecule has 2 aromatic rings. The average Bonchev–Trinajstić information content (AvgIpc) is 2.56. The van der Waals surface area contributed by atoms with E-state index in [-0.39, 0.29) is 0 Å². The van der Waals surface area contributed by atoms with Crippen LogP contribution in [0.15, 0.2) is 41.3 Å². The molecule has 0 heterocycles. The van der Waals surface area contributed by atoms with Gasteiger partial charge >= 0.3 is 0 Å². The molecule has 0 aromatic heterocycles. The second-order valence-electron chi connectivity index (χ2n) is 4.65. The molecule has 0 spiro atoms. The van der Waals surface area contributed by atoms with Crippen LogP contribution >= 0.6 is 11.8 Å². The van der Waals surface area contributed by atoms with Crippen molar-refractivity contribution < 1.29 is 22.7 Å². The molecule has 0 aliphatic carbocycles. The van der Waals surface area contributed by atoms with Gasteiger partial charge in [-0.25, -0.2) is 13.2 Å². The number of carbonyl (C=O) groups is 1. The van der Waals surface area contributed by atoms with E-state index < -0.39 is 34.3 Å². The molecule has 7 heteroatoms. The van der Waals surface area contributed by atoms with Crippen LogP contribution in [0.4, 0.5) is 18.9 Å². The van der Waals surface area contributed by atoms with E-state index in [9.17, 15) is 18.0 Å². The van der Waals surface area contributed by atoms with E-state index in [2.05, 4.69) is 5.32 Å². The Morgan fingerprint density at radius 2 is 1.74 bits per heavy atom. The van der Waals surface area contributed by atoms with Gasteiger partial charge in [-0.3, -0.25) is 4.79 Å². The number of rotatable bonds is 5.